The normalized spacial score (nSPS) is 10.7. The molecule has 20 heavy (non-hydrogen) atoms. The lowest BCUT2D eigenvalue weighted by Gasteiger charge is -2.17. The number of nitrogens with one attached hydrogen (secondary N) is 1. The van der Waals surface area contributed by atoms with E-state index in [0.29, 0.717) is 22.0 Å². The van der Waals surface area contributed by atoms with Crippen LogP contribution in [0.4, 0.5) is 5.69 Å². The van der Waals surface area contributed by atoms with Gasteiger partial charge in [0.15, 0.2) is 0 Å². The average Bonchev–Trinajstić information content (AvgIpc) is 2.35. The first-order chi connectivity index (χ1) is 9.31. The third-order valence-electron chi connectivity index (χ3n) is 2.19. The van der Waals surface area contributed by atoms with E-state index in [9.17, 15) is 4.79 Å². The van der Waals surface area contributed by atoms with Gasteiger partial charge in [-0.05, 0) is 18.2 Å². The van der Waals surface area contributed by atoms with Gasteiger partial charge in [0, 0.05) is 15.3 Å². The van der Waals surface area contributed by atoms with Gasteiger partial charge in [-0.15, -0.1) is 11.8 Å². The van der Waals surface area contributed by atoms with Crippen LogP contribution in [0.3, 0.4) is 0 Å². The molecule has 1 amide bonds. The van der Waals surface area contributed by atoms with Gasteiger partial charge in [0.1, 0.15) is 6.61 Å². The van der Waals surface area contributed by atoms with Crippen LogP contribution < -0.4 is 5.32 Å². The first-order valence-electron chi connectivity index (χ1n) is 6.15. The van der Waals surface area contributed by atoms with Gasteiger partial charge in [-0.3, -0.25) is 4.79 Å². The second-order valence-corrected chi connectivity index (χ2v) is 7.34. The van der Waals surface area contributed by atoms with Crippen molar-refractivity contribution < 1.29 is 9.90 Å². The van der Waals surface area contributed by atoms with Crippen LogP contribution in [-0.4, -0.2) is 28.1 Å². The number of amides is 1. The molecule has 1 aromatic rings. The lowest BCUT2D eigenvalue weighted by molar-refractivity contribution is -0.113. The van der Waals surface area contributed by atoms with Crippen molar-refractivity contribution in [1.82, 2.24) is 0 Å². The molecule has 0 aromatic heterocycles. The summed E-state index contributed by atoms with van der Waals surface area (Å²) in [5.74, 6) is 5.61. The predicted octanol–water partition coefficient (Wildman–Crippen LogP) is 3.15. The van der Waals surface area contributed by atoms with Crippen molar-refractivity contribution >= 4 is 35.0 Å². The fourth-order valence-corrected chi connectivity index (χ4v) is 2.14. The Kier molecular flexibility index (Phi) is 6.41. The maximum absolute atomic E-state index is 11.9. The Morgan fingerprint density at radius 3 is 2.75 bits per heavy atom. The lowest BCUT2D eigenvalue weighted by Crippen LogP contribution is -2.19. The topological polar surface area (TPSA) is 49.3 Å². The average molecular weight is 312 g/mol. The highest BCUT2D eigenvalue weighted by molar-refractivity contribution is 8.01. The van der Waals surface area contributed by atoms with Crippen molar-refractivity contribution in [1.29, 1.82) is 0 Å². The van der Waals surface area contributed by atoms with Crippen molar-refractivity contribution in [2.75, 3.05) is 17.7 Å². The van der Waals surface area contributed by atoms with E-state index in [1.54, 1.807) is 30.0 Å². The van der Waals surface area contributed by atoms with Gasteiger partial charge < -0.3 is 10.4 Å². The lowest BCUT2D eigenvalue weighted by atomic mass is 10.2. The number of carbonyl (C=O) groups is 1. The predicted molar refractivity (Wildman–Crippen MR) is 86.3 cm³/mol. The zero-order valence-corrected chi connectivity index (χ0v) is 13.4. The first kappa shape index (κ1) is 16.9. The summed E-state index contributed by atoms with van der Waals surface area (Å²) in [6.45, 7) is 5.95. The summed E-state index contributed by atoms with van der Waals surface area (Å²) in [6.07, 6.45) is 0. The Bertz CT molecular complexity index is 541. The van der Waals surface area contributed by atoms with Crippen molar-refractivity contribution in [3.05, 3.63) is 28.8 Å². The Labute approximate surface area is 129 Å². The molecule has 0 heterocycles. The quantitative estimate of drug-likeness (QED) is 0.843. The first-order valence-corrected chi connectivity index (χ1v) is 7.51. The number of carbonyl (C=O) groups excluding carboxylic acids is 1. The molecule has 0 aliphatic carbocycles. The molecule has 0 spiro atoms. The molecule has 0 aliphatic heterocycles. The molecule has 1 aromatic carbocycles. The summed E-state index contributed by atoms with van der Waals surface area (Å²) in [5.41, 5.74) is 1.20. The summed E-state index contributed by atoms with van der Waals surface area (Å²) in [5, 5.41) is 12.1. The van der Waals surface area contributed by atoms with E-state index in [-0.39, 0.29) is 17.3 Å². The smallest absolute Gasteiger partial charge is 0.234 e. The molecule has 1 rings (SSSR count). The van der Waals surface area contributed by atoms with Gasteiger partial charge in [0.25, 0.3) is 0 Å². The minimum atomic E-state index is -0.226. The number of rotatable bonds is 3. The highest BCUT2D eigenvalue weighted by Crippen LogP contribution is 2.24. The molecule has 5 heteroatoms. The molecule has 108 valence electrons. The molecule has 0 fully saturated rings. The fourth-order valence-electron chi connectivity index (χ4n) is 1.33. The van der Waals surface area contributed by atoms with Gasteiger partial charge in [-0.2, -0.15) is 0 Å². The number of benzene rings is 1. The van der Waals surface area contributed by atoms with Crippen LogP contribution in [0.1, 0.15) is 26.3 Å². The van der Waals surface area contributed by atoms with Gasteiger partial charge in [0.05, 0.1) is 11.4 Å². The van der Waals surface area contributed by atoms with Crippen LogP contribution in [0, 0.1) is 11.8 Å². The number of aliphatic hydroxyl groups is 1. The molecular formula is C15H18ClNO2S. The zero-order chi connectivity index (χ0) is 15.2. The van der Waals surface area contributed by atoms with E-state index >= 15 is 0 Å². The Morgan fingerprint density at radius 2 is 2.15 bits per heavy atom. The van der Waals surface area contributed by atoms with Crippen LogP contribution in [0.2, 0.25) is 5.02 Å². The number of hydrogen-bond acceptors (Lipinski definition) is 3. The standard InChI is InChI=1S/C15H18ClNO2S/c1-15(2,3)20-10-14(19)17-13-9-12(16)7-6-11(13)5-4-8-18/h6-7,9,18H,8,10H2,1-3H3,(H,17,19). The molecule has 0 radical (unpaired) electrons. The minimum absolute atomic E-state index is 0.0329. The van der Waals surface area contributed by atoms with E-state index in [1.165, 1.54) is 0 Å². The van der Waals surface area contributed by atoms with Crippen LogP contribution in [0.5, 0.6) is 0 Å². The molecule has 3 nitrogen and oxygen atoms in total. The zero-order valence-electron chi connectivity index (χ0n) is 11.8. The van der Waals surface area contributed by atoms with Crippen LogP contribution in [0.25, 0.3) is 0 Å². The van der Waals surface area contributed by atoms with E-state index in [4.69, 9.17) is 16.7 Å². The fraction of sp³-hybridized carbons (Fsp3) is 0.400. The molecule has 2 N–H and O–H groups in total. The van der Waals surface area contributed by atoms with Gasteiger partial charge in [0.2, 0.25) is 5.91 Å². The highest BCUT2D eigenvalue weighted by Gasteiger charge is 2.14. The van der Waals surface area contributed by atoms with Crippen LogP contribution >= 0.6 is 23.4 Å². The number of anilines is 1. The van der Waals surface area contributed by atoms with Crippen LogP contribution in [0.15, 0.2) is 18.2 Å². The van der Waals surface area contributed by atoms with Gasteiger partial charge in [-0.25, -0.2) is 0 Å². The number of hydrogen-bond donors (Lipinski definition) is 2. The summed E-state index contributed by atoms with van der Waals surface area (Å²) in [4.78, 5) is 11.9. The van der Waals surface area contributed by atoms with Crippen molar-refractivity contribution in [3.8, 4) is 11.8 Å². The number of aliphatic hydroxyl groups excluding tert-OH is 1. The second kappa shape index (κ2) is 7.58. The molecule has 0 aliphatic rings. The Hall–Kier alpha value is -1.15. The number of thioether (sulfide) groups is 1. The van der Waals surface area contributed by atoms with Crippen LogP contribution in [-0.2, 0) is 4.79 Å². The van der Waals surface area contributed by atoms with Crippen molar-refractivity contribution in [2.45, 2.75) is 25.5 Å². The van der Waals surface area contributed by atoms with E-state index < -0.39 is 0 Å². The second-order valence-electron chi connectivity index (χ2n) is 5.10. The molecule has 0 unspecified atom stereocenters. The van der Waals surface area contributed by atoms with E-state index in [2.05, 4.69) is 37.9 Å². The molecule has 0 atom stereocenters. The Morgan fingerprint density at radius 1 is 1.45 bits per heavy atom. The highest BCUT2D eigenvalue weighted by atomic mass is 35.5. The molecule has 0 saturated heterocycles. The maximum Gasteiger partial charge on any atom is 0.234 e. The largest absolute Gasteiger partial charge is 0.384 e. The number of halogens is 1. The SMILES string of the molecule is CC(C)(C)SCC(=O)Nc1cc(Cl)ccc1C#CCO. The van der Waals surface area contributed by atoms with Crippen molar-refractivity contribution in [2.24, 2.45) is 0 Å². The summed E-state index contributed by atoms with van der Waals surface area (Å²) < 4.78 is 0.0329. The Balaban J connectivity index is 2.80. The molecule has 0 bridgehead atoms. The van der Waals surface area contributed by atoms with Crippen molar-refractivity contribution in [3.63, 3.8) is 0 Å². The minimum Gasteiger partial charge on any atom is -0.384 e. The monoisotopic (exact) mass is 311 g/mol. The summed E-state index contributed by atoms with van der Waals surface area (Å²) >= 11 is 7.50. The molecule has 0 saturated carbocycles. The summed E-state index contributed by atoms with van der Waals surface area (Å²) in [6, 6.07) is 5.07. The third kappa shape index (κ3) is 6.33. The third-order valence-corrected chi connectivity index (χ3v) is 3.70. The van der Waals surface area contributed by atoms with E-state index in [1.807, 2.05) is 0 Å². The van der Waals surface area contributed by atoms with E-state index in [0.717, 1.165) is 0 Å². The summed E-state index contributed by atoms with van der Waals surface area (Å²) in [7, 11) is 0. The molecular weight excluding hydrogens is 294 g/mol. The maximum atomic E-state index is 11.9. The van der Waals surface area contributed by atoms with Gasteiger partial charge in [-0.1, -0.05) is 44.2 Å². The van der Waals surface area contributed by atoms with Gasteiger partial charge >= 0.3 is 0 Å².